The van der Waals surface area contributed by atoms with Gasteiger partial charge in [0.25, 0.3) is 17.9 Å². The van der Waals surface area contributed by atoms with E-state index in [9.17, 15) is 19.7 Å². The number of amides is 1. The van der Waals surface area contributed by atoms with Crippen molar-refractivity contribution in [3.8, 4) is 0 Å². The number of nitro groups is 1. The van der Waals surface area contributed by atoms with E-state index >= 15 is 0 Å². The Morgan fingerprint density at radius 1 is 1.41 bits per heavy atom. The molecule has 0 aliphatic carbocycles. The van der Waals surface area contributed by atoms with Crippen molar-refractivity contribution in [1.82, 2.24) is 0 Å². The second kappa shape index (κ2) is 4.99. The van der Waals surface area contributed by atoms with Crippen LogP contribution in [0.2, 0.25) is 0 Å². The lowest BCUT2D eigenvalue weighted by atomic mass is 10.1. The van der Waals surface area contributed by atoms with Crippen molar-refractivity contribution in [2.75, 3.05) is 5.32 Å². The van der Waals surface area contributed by atoms with Crippen LogP contribution in [0.5, 0.6) is 0 Å². The molecule has 0 fully saturated rings. The van der Waals surface area contributed by atoms with Crippen LogP contribution in [-0.4, -0.2) is 23.1 Å². The quantitative estimate of drug-likeness (QED) is 0.299. The molecule has 1 unspecified atom stereocenters. The minimum atomic E-state index is -0.907. The second-order valence-electron chi connectivity index (χ2n) is 4.73. The maximum absolute atomic E-state index is 11.9. The normalized spacial score (nSPS) is 21.2. The van der Waals surface area contributed by atoms with Crippen molar-refractivity contribution in [2.24, 2.45) is 0 Å². The van der Waals surface area contributed by atoms with Crippen molar-refractivity contribution in [1.29, 1.82) is 0 Å². The van der Waals surface area contributed by atoms with Crippen molar-refractivity contribution in [2.45, 2.75) is 13.2 Å². The number of non-ortho nitro benzene ring substituents is 1. The summed E-state index contributed by atoms with van der Waals surface area (Å²) < 4.78 is 10.1. The van der Waals surface area contributed by atoms with Gasteiger partial charge in [-0.15, -0.1) is 0 Å². The fourth-order valence-corrected chi connectivity index (χ4v) is 2.11. The molecule has 1 amide bonds. The van der Waals surface area contributed by atoms with Gasteiger partial charge in [0.2, 0.25) is 0 Å². The summed E-state index contributed by atoms with van der Waals surface area (Å²) in [6.07, 6.45) is 1.70. The maximum Gasteiger partial charge on any atom is 0.336 e. The molecule has 8 nitrogen and oxygen atoms in total. The van der Waals surface area contributed by atoms with Crippen LogP contribution in [0.4, 0.5) is 11.4 Å². The Bertz CT molecular complexity index is 765. The molecule has 1 aromatic carbocycles. The van der Waals surface area contributed by atoms with Crippen molar-refractivity contribution in [3.05, 3.63) is 51.8 Å². The van der Waals surface area contributed by atoms with Gasteiger partial charge in [0.15, 0.2) is 0 Å². The van der Waals surface area contributed by atoms with E-state index in [1.54, 1.807) is 6.92 Å². The largest absolute Gasteiger partial charge is 0.458 e. The first-order valence-corrected chi connectivity index (χ1v) is 6.31. The lowest BCUT2D eigenvalue weighted by Crippen LogP contribution is -2.11. The predicted molar refractivity (Wildman–Crippen MR) is 74.4 cm³/mol. The first kappa shape index (κ1) is 13.8. The minimum Gasteiger partial charge on any atom is -0.458 e. The zero-order valence-electron chi connectivity index (χ0n) is 11.4. The van der Waals surface area contributed by atoms with E-state index in [2.05, 4.69) is 5.32 Å². The number of nitro benzene ring substituents is 1. The molecule has 1 atom stereocenters. The highest BCUT2D eigenvalue weighted by Crippen LogP contribution is 2.34. The first-order valence-electron chi connectivity index (χ1n) is 6.31. The van der Waals surface area contributed by atoms with E-state index in [0.717, 1.165) is 6.26 Å². The molecule has 0 saturated heterocycles. The highest BCUT2D eigenvalue weighted by molar-refractivity contribution is 6.31. The first-order chi connectivity index (χ1) is 10.5. The third-order valence-electron chi connectivity index (χ3n) is 3.25. The summed E-state index contributed by atoms with van der Waals surface area (Å²) in [5.41, 5.74) is 1.23. The van der Waals surface area contributed by atoms with Crippen LogP contribution < -0.4 is 5.32 Å². The van der Waals surface area contributed by atoms with Gasteiger partial charge in [-0.1, -0.05) is 0 Å². The number of anilines is 1. The number of nitrogens with zero attached hydrogens (tertiary/aromatic N) is 1. The Morgan fingerprint density at radius 3 is 2.82 bits per heavy atom. The van der Waals surface area contributed by atoms with Crippen LogP contribution >= 0.6 is 0 Å². The molecule has 0 saturated carbocycles. The molecule has 3 rings (SSSR count). The van der Waals surface area contributed by atoms with E-state index in [0.29, 0.717) is 16.8 Å². The average Bonchev–Trinajstić information content (AvgIpc) is 2.95. The topological polar surface area (TPSA) is 108 Å². The molecular weight excluding hydrogens is 292 g/mol. The van der Waals surface area contributed by atoms with Gasteiger partial charge in [-0.2, -0.15) is 0 Å². The number of carbonyl (C=O) groups is 2. The summed E-state index contributed by atoms with van der Waals surface area (Å²) in [4.78, 5) is 33.4. The van der Waals surface area contributed by atoms with Gasteiger partial charge in [-0.3, -0.25) is 14.9 Å². The van der Waals surface area contributed by atoms with Gasteiger partial charge < -0.3 is 14.8 Å². The number of carbonyl (C=O) groups excluding carboxylic acids is 2. The molecule has 2 aliphatic rings. The number of cyclic esters (lactones) is 1. The van der Waals surface area contributed by atoms with Gasteiger partial charge in [-0.05, 0) is 13.0 Å². The van der Waals surface area contributed by atoms with Crippen LogP contribution in [0.25, 0.3) is 5.57 Å². The number of hydrogen-bond acceptors (Lipinski definition) is 6. The molecule has 0 bridgehead atoms. The number of benzene rings is 1. The van der Waals surface area contributed by atoms with Crippen LogP contribution in [0.1, 0.15) is 12.5 Å². The van der Waals surface area contributed by atoms with Crippen molar-refractivity contribution in [3.63, 3.8) is 0 Å². The number of ether oxygens (including phenoxy) is 2. The van der Waals surface area contributed by atoms with E-state index in [4.69, 9.17) is 9.47 Å². The smallest absolute Gasteiger partial charge is 0.336 e. The van der Waals surface area contributed by atoms with E-state index in [1.807, 2.05) is 0 Å². The maximum atomic E-state index is 11.9. The van der Waals surface area contributed by atoms with E-state index in [1.165, 1.54) is 24.3 Å². The molecule has 0 spiro atoms. The molecular formula is C14H10N2O6. The fraction of sp³-hybridized carbons (Fsp3) is 0.143. The van der Waals surface area contributed by atoms with Crippen LogP contribution in [-0.2, 0) is 19.1 Å². The highest BCUT2D eigenvalue weighted by atomic mass is 16.7. The lowest BCUT2D eigenvalue weighted by molar-refractivity contribution is -0.384. The molecule has 0 radical (unpaired) electrons. The Hall–Kier alpha value is -3.16. The number of esters is 1. The molecule has 112 valence electrons. The Morgan fingerprint density at radius 2 is 2.18 bits per heavy atom. The number of hydrogen-bond donors (Lipinski definition) is 1. The zero-order valence-corrected chi connectivity index (χ0v) is 11.4. The molecule has 22 heavy (non-hydrogen) atoms. The van der Waals surface area contributed by atoms with Gasteiger partial charge in [0.05, 0.1) is 10.5 Å². The number of fused-ring (bicyclic) bond motifs is 1. The van der Waals surface area contributed by atoms with Crippen molar-refractivity contribution >= 4 is 28.8 Å². The van der Waals surface area contributed by atoms with Gasteiger partial charge in [-0.25, -0.2) is 4.79 Å². The zero-order chi connectivity index (χ0) is 15.9. The lowest BCUT2D eigenvalue weighted by Gasteiger charge is -2.07. The Labute approximate surface area is 124 Å². The van der Waals surface area contributed by atoms with E-state index < -0.39 is 23.1 Å². The number of nitrogens with one attached hydrogen (secondary N) is 1. The summed E-state index contributed by atoms with van der Waals surface area (Å²) in [6, 6.07) is 4.03. The van der Waals surface area contributed by atoms with E-state index in [-0.39, 0.29) is 11.3 Å². The van der Waals surface area contributed by atoms with Crippen LogP contribution in [0, 0.1) is 10.1 Å². The molecule has 1 N–H and O–H groups in total. The second-order valence-corrected chi connectivity index (χ2v) is 4.73. The number of rotatable bonds is 3. The molecule has 1 aromatic rings. The standard InChI is InChI=1S/C14H10N2O6/c1-7-4-12(22-14(7)18)21-6-10-9-5-8(16(19)20)2-3-11(9)15-13(10)17/h2-6,12H,1H3,(H,15,17)/b10-6-. The predicted octanol–water partition coefficient (Wildman–Crippen LogP) is 1.73. The van der Waals surface area contributed by atoms with Crippen LogP contribution in [0.15, 0.2) is 36.1 Å². The summed E-state index contributed by atoms with van der Waals surface area (Å²) in [5.74, 6) is -0.934. The fourth-order valence-electron chi connectivity index (χ4n) is 2.11. The Balaban J connectivity index is 1.88. The van der Waals surface area contributed by atoms with Gasteiger partial charge >= 0.3 is 5.97 Å². The monoisotopic (exact) mass is 302 g/mol. The third-order valence-corrected chi connectivity index (χ3v) is 3.25. The molecule has 0 aromatic heterocycles. The molecule has 2 aliphatic heterocycles. The van der Waals surface area contributed by atoms with Gasteiger partial charge in [0.1, 0.15) is 6.26 Å². The summed E-state index contributed by atoms with van der Waals surface area (Å²) in [5, 5.41) is 13.4. The summed E-state index contributed by atoms with van der Waals surface area (Å²) in [6.45, 7) is 1.58. The van der Waals surface area contributed by atoms with Crippen LogP contribution in [0.3, 0.4) is 0 Å². The minimum absolute atomic E-state index is 0.132. The molecule has 8 heteroatoms. The van der Waals surface area contributed by atoms with Crippen molar-refractivity contribution < 1.29 is 24.0 Å². The average molecular weight is 302 g/mol. The third kappa shape index (κ3) is 2.30. The highest BCUT2D eigenvalue weighted by Gasteiger charge is 2.28. The Kier molecular flexibility index (Phi) is 3.13. The summed E-state index contributed by atoms with van der Waals surface area (Å²) in [7, 11) is 0. The van der Waals surface area contributed by atoms with Gasteiger partial charge in [0, 0.05) is 35.0 Å². The summed E-state index contributed by atoms with van der Waals surface area (Å²) >= 11 is 0. The molecule has 2 heterocycles. The SMILES string of the molecule is CC1=CC(O/C=C2\C(=O)Nc3ccc([N+](=O)[O-])cc32)OC1=O.